The van der Waals surface area contributed by atoms with Crippen LogP contribution in [0, 0.1) is 0 Å². The Kier molecular flexibility index (Phi) is 15.7. The molecule has 5 aromatic rings. The summed E-state index contributed by atoms with van der Waals surface area (Å²) in [5, 5.41) is 0. The van der Waals surface area contributed by atoms with Gasteiger partial charge >= 0.3 is 0 Å². The van der Waals surface area contributed by atoms with Gasteiger partial charge in [-0.1, -0.05) is 109 Å². The van der Waals surface area contributed by atoms with E-state index in [1.807, 2.05) is 0 Å². The number of hydrogen-bond donors (Lipinski definition) is 0. The largest absolute Gasteiger partial charge is 0.279 e. The Morgan fingerprint density at radius 2 is 0.615 bits per heavy atom. The average molecular weight is 697 g/mol. The highest BCUT2D eigenvalue weighted by molar-refractivity contribution is 5.79. The molecule has 4 heterocycles. The minimum absolute atomic E-state index is 0.878. The molecule has 1 aromatic carbocycles. The molecule has 0 unspecified atom stereocenters. The fraction of sp³-hybridized carbons (Fsp3) is 0.435. The van der Waals surface area contributed by atoms with Crippen LogP contribution in [0.5, 0.6) is 0 Å². The Morgan fingerprint density at radius 3 is 0.885 bits per heavy atom. The molecule has 0 fully saturated rings. The van der Waals surface area contributed by atoms with Crippen LogP contribution in [0.1, 0.15) is 128 Å². The molecule has 274 valence electrons. The van der Waals surface area contributed by atoms with Crippen molar-refractivity contribution in [3.63, 3.8) is 0 Å². The second kappa shape index (κ2) is 21.1. The Balaban J connectivity index is 1.61. The summed E-state index contributed by atoms with van der Waals surface area (Å²) in [6.07, 6.45) is 18.0. The van der Waals surface area contributed by atoms with Crippen molar-refractivity contribution >= 4 is 34.6 Å². The highest BCUT2D eigenvalue weighted by Gasteiger charge is 2.21. The van der Waals surface area contributed by atoms with Crippen LogP contribution in [0.4, 0.5) is 34.6 Å². The predicted octanol–water partition coefficient (Wildman–Crippen LogP) is 13.1. The molecule has 5 rings (SSSR count). The maximum Gasteiger partial charge on any atom is 0.139 e. The standard InChI is InChI=1S/C46H60N6/c1-5-9-13-22-37-26-17-32-43(47-37)51(44-33-18-27-38(48-44)23-14-10-6-2)41-30-21-31-42(36-41)52(45-34-19-28-39(49-45)24-15-11-7-3)46-35-20-29-40(50-46)25-16-12-8-4/h17-21,26-36H,5-16,22-25H2,1-4H3. The first-order valence-electron chi connectivity index (χ1n) is 20.2. The summed E-state index contributed by atoms with van der Waals surface area (Å²) in [4.78, 5) is 25.4. The van der Waals surface area contributed by atoms with Gasteiger partial charge < -0.3 is 0 Å². The minimum Gasteiger partial charge on any atom is -0.279 e. The molecule has 6 heteroatoms. The van der Waals surface area contributed by atoms with E-state index < -0.39 is 0 Å². The van der Waals surface area contributed by atoms with Crippen molar-refractivity contribution < 1.29 is 0 Å². The zero-order valence-electron chi connectivity index (χ0n) is 32.2. The van der Waals surface area contributed by atoms with Gasteiger partial charge in [-0.2, -0.15) is 0 Å². The Labute approximate surface area is 313 Å². The van der Waals surface area contributed by atoms with Crippen LogP contribution in [0.2, 0.25) is 0 Å². The maximum atomic E-state index is 5.24. The van der Waals surface area contributed by atoms with Gasteiger partial charge in [0.25, 0.3) is 0 Å². The minimum atomic E-state index is 0.878. The Hall–Kier alpha value is -4.58. The molecule has 0 amide bonds. The number of hydrogen-bond acceptors (Lipinski definition) is 6. The highest BCUT2D eigenvalue weighted by Crippen LogP contribution is 2.38. The number of nitrogens with zero attached hydrogens (tertiary/aromatic N) is 6. The van der Waals surface area contributed by atoms with E-state index in [2.05, 4.69) is 135 Å². The molecular weight excluding hydrogens is 637 g/mol. The van der Waals surface area contributed by atoms with Crippen molar-refractivity contribution in [3.05, 3.63) is 120 Å². The van der Waals surface area contributed by atoms with Crippen molar-refractivity contribution in [2.24, 2.45) is 0 Å². The molecule has 0 atom stereocenters. The second-order valence-electron chi connectivity index (χ2n) is 14.0. The van der Waals surface area contributed by atoms with Gasteiger partial charge in [0, 0.05) is 22.8 Å². The average Bonchev–Trinajstić information content (AvgIpc) is 3.17. The molecule has 0 aliphatic rings. The molecule has 0 saturated carbocycles. The molecule has 0 radical (unpaired) electrons. The van der Waals surface area contributed by atoms with Crippen LogP contribution in [-0.4, -0.2) is 19.9 Å². The van der Waals surface area contributed by atoms with Gasteiger partial charge in [-0.15, -0.1) is 0 Å². The molecule has 6 nitrogen and oxygen atoms in total. The molecule has 0 spiro atoms. The number of benzene rings is 1. The van der Waals surface area contributed by atoms with E-state index in [1.54, 1.807) is 0 Å². The van der Waals surface area contributed by atoms with Crippen LogP contribution in [0.15, 0.2) is 97.1 Å². The van der Waals surface area contributed by atoms with Gasteiger partial charge in [0.2, 0.25) is 0 Å². The molecule has 0 saturated heterocycles. The van der Waals surface area contributed by atoms with Crippen LogP contribution in [0.3, 0.4) is 0 Å². The van der Waals surface area contributed by atoms with Crippen molar-refractivity contribution in [2.75, 3.05) is 9.80 Å². The molecule has 0 aliphatic carbocycles. The number of pyridine rings is 4. The molecular formula is C46H60N6. The summed E-state index contributed by atoms with van der Waals surface area (Å²) >= 11 is 0. The van der Waals surface area contributed by atoms with Gasteiger partial charge in [0.05, 0.1) is 11.4 Å². The third-order valence-electron chi connectivity index (χ3n) is 9.58. The van der Waals surface area contributed by atoms with Crippen molar-refractivity contribution in [2.45, 2.75) is 130 Å². The molecule has 52 heavy (non-hydrogen) atoms. The maximum absolute atomic E-state index is 5.24. The van der Waals surface area contributed by atoms with Gasteiger partial charge in [-0.25, -0.2) is 19.9 Å². The normalized spacial score (nSPS) is 11.2. The Morgan fingerprint density at radius 1 is 0.346 bits per heavy atom. The van der Waals surface area contributed by atoms with E-state index in [0.29, 0.717) is 0 Å². The molecule has 0 aliphatic heterocycles. The Bertz CT molecular complexity index is 1550. The highest BCUT2D eigenvalue weighted by atomic mass is 15.3. The van der Waals surface area contributed by atoms with Crippen LogP contribution in [0.25, 0.3) is 0 Å². The van der Waals surface area contributed by atoms with E-state index in [1.165, 1.54) is 51.4 Å². The second-order valence-corrected chi connectivity index (χ2v) is 14.0. The lowest BCUT2D eigenvalue weighted by Gasteiger charge is -2.28. The zero-order chi connectivity index (χ0) is 36.4. The SMILES string of the molecule is CCCCCc1cccc(N(c2cccc(N(c3cccc(CCCCC)n3)c3cccc(CCCCC)n3)c2)c2cccc(CCCCC)n2)n1. The van der Waals surface area contributed by atoms with E-state index in [-0.39, 0.29) is 0 Å². The van der Waals surface area contributed by atoms with Crippen molar-refractivity contribution in [1.82, 2.24) is 19.9 Å². The quantitative estimate of drug-likeness (QED) is 0.0671. The number of aromatic nitrogens is 4. The fourth-order valence-electron chi connectivity index (χ4n) is 6.68. The number of anilines is 6. The first-order valence-corrected chi connectivity index (χ1v) is 20.2. The summed E-state index contributed by atoms with van der Waals surface area (Å²) < 4.78 is 0. The van der Waals surface area contributed by atoms with Gasteiger partial charge in [-0.3, -0.25) is 9.80 Å². The van der Waals surface area contributed by atoms with E-state index in [0.717, 1.165) is 109 Å². The van der Waals surface area contributed by atoms with Gasteiger partial charge in [0.1, 0.15) is 23.3 Å². The first kappa shape index (κ1) is 38.6. The lowest BCUT2D eigenvalue weighted by Crippen LogP contribution is -2.17. The monoisotopic (exact) mass is 696 g/mol. The first-order chi connectivity index (χ1) is 25.6. The van der Waals surface area contributed by atoms with E-state index in [9.17, 15) is 0 Å². The molecule has 0 bridgehead atoms. The van der Waals surface area contributed by atoms with E-state index in [4.69, 9.17) is 19.9 Å². The predicted molar refractivity (Wildman–Crippen MR) is 220 cm³/mol. The third kappa shape index (κ3) is 11.2. The lowest BCUT2D eigenvalue weighted by atomic mass is 10.1. The number of unbranched alkanes of at least 4 members (excludes halogenated alkanes) is 8. The van der Waals surface area contributed by atoms with E-state index >= 15 is 0 Å². The molecule has 0 N–H and O–H groups in total. The van der Waals surface area contributed by atoms with Crippen molar-refractivity contribution in [1.29, 1.82) is 0 Å². The lowest BCUT2D eigenvalue weighted by molar-refractivity contribution is 0.706. The van der Waals surface area contributed by atoms with Crippen LogP contribution >= 0.6 is 0 Å². The van der Waals surface area contributed by atoms with Crippen LogP contribution < -0.4 is 9.80 Å². The number of rotatable bonds is 22. The molecule has 4 aromatic heterocycles. The summed E-state index contributed by atoms with van der Waals surface area (Å²) in [5.74, 6) is 3.51. The number of aryl methyl sites for hydroxylation is 4. The zero-order valence-corrected chi connectivity index (χ0v) is 32.2. The van der Waals surface area contributed by atoms with Gasteiger partial charge in [-0.05, 0) is 118 Å². The topological polar surface area (TPSA) is 58.0 Å². The van der Waals surface area contributed by atoms with Crippen molar-refractivity contribution in [3.8, 4) is 0 Å². The summed E-state index contributed by atoms with van der Waals surface area (Å²) in [6, 6.07) is 34.3. The smallest absolute Gasteiger partial charge is 0.139 e. The fourth-order valence-corrected chi connectivity index (χ4v) is 6.68. The summed E-state index contributed by atoms with van der Waals surface area (Å²) in [6.45, 7) is 8.99. The van der Waals surface area contributed by atoms with Gasteiger partial charge in [0.15, 0.2) is 0 Å². The van der Waals surface area contributed by atoms with Crippen LogP contribution in [-0.2, 0) is 25.7 Å². The summed E-state index contributed by atoms with van der Waals surface area (Å²) in [5.41, 5.74) is 6.44. The third-order valence-corrected chi connectivity index (χ3v) is 9.58. The summed E-state index contributed by atoms with van der Waals surface area (Å²) in [7, 11) is 0.